The Morgan fingerprint density at radius 2 is 2.12 bits per heavy atom. The number of anilines is 1. The maximum atomic E-state index is 13.1. The van der Waals surface area contributed by atoms with Crippen molar-refractivity contribution >= 4 is 29.0 Å². The second kappa shape index (κ2) is 5.43. The molecule has 3 rings (SSSR count). The van der Waals surface area contributed by atoms with Crippen LogP contribution in [0.1, 0.15) is 16.8 Å². The van der Waals surface area contributed by atoms with Gasteiger partial charge in [-0.2, -0.15) is 23.5 Å². The minimum absolute atomic E-state index is 0.0891. The van der Waals surface area contributed by atoms with E-state index in [-0.39, 0.29) is 27.8 Å². The average molecular weight is 373 g/mol. The van der Waals surface area contributed by atoms with Crippen LogP contribution >= 0.6 is 23.2 Å². The lowest BCUT2D eigenvalue weighted by atomic mass is 9.87. The van der Waals surface area contributed by atoms with Crippen LogP contribution in [-0.4, -0.2) is 15.7 Å². The highest BCUT2D eigenvalue weighted by Gasteiger charge is 2.41. The average Bonchev–Trinajstić information content (AvgIpc) is 2.95. The van der Waals surface area contributed by atoms with Crippen LogP contribution in [0, 0.1) is 11.3 Å². The number of nitrogens with one attached hydrogen (secondary N) is 1. The zero-order valence-electron chi connectivity index (χ0n) is 12.0. The first-order valence-corrected chi connectivity index (χ1v) is 7.56. The molecular formula is C15H9Cl2F3N4. The molecule has 0 saturated heterocycles. The Kier molecular flexibility index (Phi) is 3.78. The molecule has 1 N–H and O–H groups in total. The second-order valence-electron chi connectivity index (χ2n) is 5.22. The van der Waals surface area contributed by atoms with E-state index in [4.69, 9.17) is 28.5 Å². The summed E-state index contributed by atoms with van der Waals surface area (Å²) in [7, 11) is 0. The van der Waals surface area contributed by atoms with Crippen LogP contribution in [0.2, 0.25) is 5.02 Å². The fraction of sp³-hybridized carbons (Fsp3) is 0.200. The molecular weight excluding hydrogens is 364 g/mol. The topological polar surface area (TPSA) is 53.6 Å². The summed E-state index contributed by atoms with van der Waals surface area (Å²) >= 11 is 12.2. The second-order valence-corrected chi connectivity index (χ2v) is 5.90. The lowest BCUT2D eigenvalue weighted by molar-refractivity contribution is -0.137. The van der Waals surface area contributed by atoms with Gasteiger partial charge in [0.05, 0.1) is 27.7 Å². The van der Waals surface area contributed by atoms with Crippen molar-refractivity contribution in [2.75, 3.05) is 11.2 Å². The van der Waals surface area contributed by atoms with Crippen molar-refractivity contribution in [2.45, 2.75) is 11.7 Å². The van der Waals surface area contributed by atoms with Gasteiger partial charge in [0.15, 0.2) is 5.69 Å². The van der Waals surface area contributed by atoms with Crippen molar-refractivity contribution in [3.8, 4) is 11.8 Å². The molecule has 1 atom stereocenters. The lowest BCUT2D eigenvalue weighted by Crippen LogP contribution is -2.40. The number of fused-ring (bicyclic) bond motifs is 3. The highest BCUT2D eigenvalue weighted by molar-refractivity contribution is 6.32. The summed E-state index contributed by atoms with van der Waals surface area (Å²) < 4.78 is 40.7. The van der Waals surface area contributed by atoms with Crippen LogP contribution in [0.4, 0.5) is 19.0 Å². The van der Waals surface area contributed by atoms with Gasteiger partial charge in [-0.15, -0.1) is 18.2 Å². The molecule has 1 aromatic carbocycles. The van der Waals surface area contributed by atoms with Crippen molar-refractivity contribution in [1.29, 1.82) is 5.26 Å². The summed E-state index contributed by atoms with van der Waals surface area (Å²) in [6.07, 6.45) is -3.15. The van der Waals surface area contributed by atoms with Crippen molar-refractivity contribution in [3.63, 3.8) is 0 Å². The number of rotatable bonds is 2. The van der Waals surface area contributed by atoms with Gasteiger partial charge in [0.1, 0.15) is 11.9 Å². The van der Waals surface area contributed by atoms with Crippen molar-refractivity contribution in [1.82, 2.24) is 9.78 Å². The molecule has 4 nitrogen and oxygen atoms in total. The van der Waals surface area contributed by atoms with E-state index in [1.165, 1.54) is 16.8 Å². The lowest BCUT2D eigenvalue weighted by Gasteiger charge is -2.37. The Balaban J connectivity index is 2.38. The number of alkyl halides is 4. The SMILES string of the molecule is C=CC1(CCl)Nc2cc(C#N)nn2-c2c(Cl)cc(C(F)(F)F)cc21. The van der Waals surface area contributed by atoms with Gasteiger partial charge in [0, 0.05) is 11.6 Å². The van der Waals surface area contributed by atoms with Crippen molar-refractivity contribution in [2.24, 2.45) is 0 Å². The summed E-state index contributed by atoms with van der Waals surface area (Å²) in [5.74, 6) is 0.301. The normalized spacial score (nSPS) is 19.0. The third kappa shape index (κ3) is 2.34. The summed E-state index contributed by atoms with van der Waals surface area (Å²) in [4.78, 5) is 0. The van der Waals surface area contributed by atoms with Crippen LogP contribution in [0.15, 0.2) is 30.9 Å². The van der Waals surface area contributed by atoms with Crippen molar-refractivity contribution < 1.29 is 13.2 Å². The van der Waals surface area contributed by atoms with E-state index in [0.717, 1.165) is 12.1 Å². The van der Waals surface area contributed by atoms with E-state index in [9.17, 15) is 13.2 Å². The van der Waals surface area contributed by atoms with Gasteiger partial charge in [-0.3, -0.25) is 0 Å². The van der Waals surface area contributed by atoms with Gasteiger partial charge >= 0.3 is 6.18 Å². The molecule has 9 heteroatoms. The summed E-state index contributed by atoms with van der Waals surface area (Å²) in [5.41, 5.74) is -1.56. The van der Waals surface area contributed by atoms with E-state index in [0.29, 0.717) is 5.82 Å². The Bertz CT molecular complexity index is 882. The number of nitrogens with zero attached hydrogens (tertiary/aromatic N) is 3. The zero-order valence-corrected chi connectivity index (χ0v) is 13.5. The molecule has 0 radical (unpaired) electrons. The fourth-order valence-electron chi connectivity index (χ4n) is 2.63. The molecule has 124 valence electrons. The quantitative estimate of drug-likeness (QED) is 0.625. The molecule has 0 aliphatic carbocycles. The van der Waals surface area contributed by atoms with E-state index in [1.807, 2.05) is 6.07 Å². The van der Waals surface area contributed by atoms with Crippen LogP contribution < -0.4 is 5.32 Å². The maximum Gasteiger partial charge on any atom is 0.416 e. The van der Waals surface area contributed by atoms with Gasteiger partial charge < -0.3 is 5.32 Å². The molecule has 1 aliphatic heterocycles. The number of nitriles is 1. The number of benzene rings is 1. The molecule has 2 heterocycles. The molecule has 1 aliphatic rings. The molecule has 0 fully saturated rings. The zero-order chi connectivity index (χ0) is 17.7. The first kappa shape index (κ1) is 16.7. The van der Waals surface area contributed by atoms with Gasteiger partial charge in [-0.1, -0.05) is 17.7 Å². The van der Waals surface area contributed by atoms with Crippen LogP contribution in [0.5, 0.6) is 0 Å². The molecule has 1 aromatic heterocycles. The van der Waals surface area contributed by atoms with Gasteiger partial charge in [0.25, 0.3) is 0 Å². The first-order valence-electron chi connectivity index (χ1n) is 6.65. The largest absolute Gasteiger partial charge is 0.416 e. The molecule has 0 bridgehead atoms. The Labute approximate surface area is 145 Å². The van der Waals surface area contributed by atoms with Gasteiger partial charge in [0.2, 0.25) is 0 Å². The predicted molar refractivity (Wildman–Crippen MR) is 84.5 cm³/mol. The predicted octanol–water partition coefficient (Wildman–Crippen LogP) is 4.46. The number of hydrogen-bond donors (Lipinski definition) is 1. The van der Waals surface area contributed by atoms with Gasteiger partial charge in [-0.25, -0.2) is 4.68 Å². The minimum atomic E-state index is -4.57. The standard InChI is InChI=1S/C15H9Cl2F3N4/c1-2-14(7-16)10-3-8(15(18,19)20)4-11(17)13(10)24-12(22-14)5-9(6-21)23-24/h2-5,22H,1,7H2. The van der Waals surface area contributed by atoms with E-state index < -0.39 is 17.3 Å². The van der Waals surface area contributed by atoms with E-state index in [1.54, 1.807) is 0 Å². The molecule has 24 heavy (non-hydrogen) atoms. The Hall–Kier alpha value is -2.17. The monoisotopic (exact) mass is 372 g/mol. The number of aromatic nitrogens is 2. The summed E-state index contributed by atoms with van der Waals surface area (Å²) in [6, 6.07) is 5.13. The number of halogens is 5. The maximum absolute atomic E-state index is 13.1. The first-order chi connectivity index (χ1) is 11.3. The molecule has 1 unspecified atom stereocenters. The van der Waals surface area contributed by atoms with Crippen LogP contribution in [-0.2, 0) is 11.7 Å². The highest BCUT2D eigenvalue weighted by atomic mass is 35.5. The smallest absolute Gasteiger partial charge is 0.356 e. The molecule has 0 saturated carbocycles. The molecule has 2 aromatic rings. The van der Waals surface area contributed by atoms with Crippen molar-refractivity contribution in [3.05, 3.63) is 52.7 Å². The van der Waals surface area contributed by atoms with Crippen LogP contribution in [0.3, 0.4) is 0 Å². The summed E-state index contributed by atoms with van der Waals surface area (Å²) in [6.45, 7) is 3.68. The third-order valence-corrected chi connectivity index (χ3v) is 4.53. The molecule has 0 spiro atoms. The Morgan fingerprint density at radius 1 is 1.42 bits per heavy atom. The summed E-state index contributed by atoms with van der Waals surface area (Å²) in [5, 5.41) is 15.9. The van der Waals surface area contributed by atoms with E-state index in [2.05, 4.69) is 17.0 Å². The third-order valence-electron chi connectivity index (χ3n) is 3.82. The van der Waals surface area contributed by atoms with E-state index >= 15 is 0 Å². The highest BCUT2D eigenvalue weighted by Crippen LogP contribution is 2.45. The van der Waals surface area contributed by atoms with Gasteiger partial charge in [-0.05, 0) is 12.1 Å². The number of hydrogen-bond acceptors (Lipinski definition) is 3. The van der Waals surface area contributed by atoms with Crippen LogP contribution in [0.25, 0.3) is 5.69 Å². The fourth-order valence-corrected chi connectivity index (χ4v) is 3.25. The molecule has 0 amide bonds. The Morgan fingerprint density at radius 3 is 2.67 bits per heavy atom. The minimum Gasteiger partial charge on any atom is -0.356 e.